The lowest BCUT2D eigenvalue weighted by Gasteiger charge is -2.01. The standard InChI is InChI=1S/C9H13N5/c1-3-7-8(10)9(13(2)12-7)14-6-4-5-11-14/h4-6H,3,10H2,1-2H3. The van der Waals surface area contributed by atoms with Crippen LogP contribution in [0.4, 0.5) is 5.69 Å². The molecule has 5 heteroatoms. The first-order chi connectivity index (χ1) is 6.74. The molecule has 74 valence electrons. The van der Waals surface area contributed by atoms with Crippen LogP contribution in [0.3, 0.4) is 0 Å². The average molecular weight is 191 g/mol. The second-order valence-corrected chi connectivity index (χ2v) is 3.11. The Morgan fingerprint density at radius 2 is 2.29 bits per heavy atom. The molecule has 0 fully saturated rings. The molecule has 14 heavy (non-hydrogen) atoms. The number of rotatable bonds is 2. The van der Waals surface area contributed by atoms with Gasteiger partial charge in [0.2, 0.25) is 0 Å². The zero-order valence-corrected chi connectivity index (χ0v) is 8.31. The number of nitrogen functional groups attached to an aromatic ring is 1. The summed E-state index contributed by atoms with van der Waals surface area (Å²) in [6.07, 6.45) is 4.41. The Hall–Kier alpha value is -1.78. The molecule has 2 rings (SSSR count). The monoisotopic (exact) mass is 191 g/mol. The highest BCUT2D eigenvalue weighted by atomic mass is 15.4. The predicted molar refractivity (Wildman–Crippen MR) is 54.1 cm³/mol. The van der Waals surface area contributed by atoms with E-state index < -0.39 is 0 Å². The summed E-state index contributed by atoms with van der Waals surface area (Å²) in [4.78, 5) is 0. The van der Waals surface area contributed by atoms with Gasteiger partial charge in [-0.05, 0) is 12.5 Å². The zero-order chi connectivity index (χ0) is 10.1. The molecule has 0 unspecified atom stereocenters. The minimum Gasteiger partial charge on any atom is -0.394 e. The molecule has 2 N–H and O–H groups in total. The van der Waals surface area contributed by atoms with E-state index in [-0.39, 0.29) is 0 Å². The molecule has 0 radical (unpaired) electrons. The van der Waals surface area contributed by atoms with Gasteiger partial charge in [0, 0.05) is 19.4 Å². The molecule has 0 aliphatic carbocycles. The van der Waals surface area contributed by atoms with Crippen LogP contribution in [-0.4, -0.2) is 19.6 Å². The van der Waals surface area contributed by atoms with Crippen LogP contribution < -0.4 is 5.73 Å². The van der Waals surface area contributed by atoms with Crippen molar-refractivity contribution in [1.82, 2.24) is 19.6 Å². The van der Waals surface area contributed by atoms with Gasteiger partial charge in [0.05, 0.1) is 5.69 Å². The maximum absolute atomic E-state index is 5.96. The van der Waals surface area contributed by atoms with Gasteiger partial charge in [0.25, 0.3) is 0 Å². The van der Waals surface area contributed by atoms with E-state index in [1.807, 2.05) is 26.2 Å². The van der Waals surface area contributed by atoms with E-state index in [0.29, 0.717) is 5.69 Å². The molecular weight excluding hydrogens is 178 g/mol. The van der Waals surface area contributed by atoms with Crippen molar-refractivity contribution >= 4 is 5.69 Å². The van der Waals surface area contributed by atoms with Crippen molar-refractivity contribution in [2.24, 2.45) is 7.05 Å². The maximum atomic E-state index is 5.96. The topological polar surface area (TPSA) is 61.7 Å². The van der Waals surface area contributed by atoms with Crippen LogP contribution in [0, 0.1) is 0 Å². The van der Waals surface area contributed by atoms with Gasteiger partial charge in [-0.2, -0.15) is 10.2 Å². The van der Waals surface area contributed by atoms with Crippen molar-refractivity contribution in [2.75, 3.05) is 5.73 Å². The molecule has 0 aliphatic heterocycles. The fraction of sp³-hybridized carbons (Fsp3) is 0.333. The third-order valence-corrected chi connectivity index (χ3v) is 2.19. The summed E-state index contributed by atoms with van der Waals surface area (Å²) in [6.45, 7) is 2.03. The summed E-state index contributed by atoms with van der Waals surface area (Å²) in [5.74, 6) is 0.826. The first kappa shape index (κ1) is 8.80. The van der Waals surface area contributed by atoms with Crippen molar-refractivity contribution < 1.29 is 0 Å². The lowest BCUT2D eigenvalue weighted by Crippen LogP contribution is -2.05. The molecule has 0 aliphatic rings. The van der Waals surface area contributed by atoms with Gasteiger partial charge in [-0.3, -0.25) is 0 Å². The van der Waals surface area contributed by atoms with E-state index in [2.05, 4.69) is 10.2 Å². The molecule has 0 spiro atoms. The van der Waals surface area contributed by atoms with Gasteiger partial charge in [-0.25, -0.2) is 9.36 Å². The molecule has 2 aromatic heterocycles. The summed E-state index contributed by atoms with van der Waals surface area (Å²) in [5.41, 5.74) is 7.58. The number of nitrogens with zero attached hydrogens (tertiary/aromatic N) is 4. The molecule has 2 aromatic rings. The van der Waals surface area contributed by atoms with Gasteiger partial charge in [0.1, 0.15) is 5.69 Å². The quantitative estimate of drug-likeness (QED) is 0.762. The van der Waals surface area contributed by atoms with Crippen LogP contribution in [0.1, 0.15) is 12.6 Å². The minimum absolute atomic E-state index is 0.707. The molecule has 0 bridgehead atoms. The van der Waals surface area contributed by atoms with Crippen molar-refractivity contribution in [3.05, 3.63) is 24.2 Å². The van der Waals surface area contributed by atoms with E-state index in [4.69, 9.17) is 5.73 Å². The maximum Gasteiger partial charge on any atom is 0.175 e. The van der Waals surface area contributed by atoms with Crippen LogP contribution in [0.15, 0.2) is 18.5 Å². The highest BCUT2D eigenvalue weighted by Gasteiger charge is 2.13. The Labute approximate surface area is 82.1 Å². The van der Waals surface area contributed by atoms with Gasteiger partial charge in [-0.15, -0.1) is 0 Å². The molecule has 2 heterocycles. The van der Waals surface area contributed by atoms with E-state index in [1.165, 1.54) is 0 Å². The Morgan fingerprint density at radius 3 is 2.79 bits per heavy atom. The number of aryl methyl sites for hydroxylation is 2. The number of hydrogen-bond donors (Lipinski definition) is 1. The highest BCUT2D eigenvalue weighted by molar-refractivity contribution is 5.57. The van der Waals surface area contributed by atoms with Crippen molar-refractivity contribution in [3.63, 3.8) is 0 Å². The summed E-state index contributed by atoms with van der Waals surface area (Å²) >= 11 is 0. The smallest absolute Gasteiger partial charge is 0.175 e. The van der Waals surface area contributed by atoms with Gasteiger partial charge in [-0.1, -0.05) is 6.92 Å². The molecular formula is C9H13N5. The summed E-state index contributed by atoms with van der Waals surface area (Å²) < 4.78 is 3.47. The summed E-state index contributed by atoms with van der Waals surface area (Å²) in [5, 5.41) is 8.45. The molecule has 0 aromatic carbocycles. The number of aromatic nitrogens is 4. The van der Waals surface area contributed by atoms with Crippen LogP contribution in [-0.2, 0) is 13.5 Å². The van der Waals surface area contributed by atoms with Crippen LogP contribution in [0.25, 0.3) is 5.82 Å². The third kappa shape index (κ3) is 1.17. The van der Waals surface area contributed by atoms with Gasteiger partial charge >= 0.3 is 0 Å². The fourth-order valence-corrected chi connectivity index (χ4v) is 1.51. The first-order valence-corrected chi connectivity index (χ1v) is 4.55. The predicted octanol–water partition coefficient (Wildman–Crippen LogP) is 0.750. The molecule has 5 nitrogen and oxygen atoms in total. The third-order valence-electron chi connectivity index (χ3n) is 2.19. The Morgan fingerprint density at radius 1 is 1.50 bits per heavy atom. The zero-order valence-electron chi connectivity index (χ0n) is 8.31. The minimum atomic E-state index is 0.707. The second kappa shape index (κ2) is 3.17. The van der Waals surface area contributed by atoms with Crippen molar-refractivity contribution in [1.29, 1.82) is 0 Å². The summed E-state index contributed by atoms with van der Waals surface area (Å²) in [6, 6.07) is 1.86. The lowest BCUT2D eigenvalue weighted by atomic mass is 10.3. The number of nitrogens with two attached hydrogens (primary N) is 1. The van der Waals surface area contributed by atoms with Gasteiger partial charge < -0.3 is 5.73 Å². The van der Waals surface area contributed by atoms with Crippen LogP contribution in [0.2, 0.25) is 0 Å². The molecule has 0 saturated heterocycles. The van der Waals surface area contributed by atoms with Crippen molar-refractivity contribution in [3.8, 4) is 5.82 Å². The van der Waals surface area contributed by atoms with E-state index in [1.54, 1.807) is 15.6 Å². The Balaban J connectivity index is 2.58. The van der Waals surface area contributed by atoms with Crippen LogP contribution >= 0.6 is 0 Å². The Bertz CT molecular complexity index is 426. The Kier molecular flexibility index (Phi) is 1.99. The number of anilines is 1. The normalized spacial score (nSPS) is 10.7. The largest absolute Gasteiger partial charge is 0.394 e. The van der Waals surface area contributed by atoms with E-state index in [0.717, 1.165) is 17.9 Å². The molecule has 0 saturated carbocycles. The number of hydrogen-bond acceptors (Lipinski definition) is 3. The first-order valence-electron chi connectivity index (χ1n) is 4.55. The molecule has 0 atom stereocenters. The average Bonchev–Trinajstić information content (AvgIpc) is 2.74. The van der Waals surface area contributed by atoms with Crippen molar-refractivity contribution in [2.45, 2.75) is 13.3 Å². The van der Waals surface area contributed by atoms with E-state index in [9.17, 15) is 0 Å². The van der Waals surface area contributed by atoms with E-state index >= 15 is 0 Å². The second-order valence-electron chi connectivity index (χ2n) is 3.11. The molecule has 0 amide bonds. The fourth-order valence-electron chi connectivity index (χ4n) is 1.51. The summed E-state index contributed by atoms with van der Waals surface area (Å²) in [7, 11) is 1.87. The lowest BCUT2D eigenvalue weighted by molar-refractivity contribution is 0.690. The van der Waals surface area contributed by atoms with Crippen LogP contribution in [0.5, 0.6) is 0 Å². The van der Waals surface area contributed by atoms with Gasteiger partial charge in [0.15, 0.2) is 5.82 Å². The SMILES string of the molecule is CCc1nn(C)c(-n2cccn2)c1N. The highest BCUT2D eigenvalue weighted by Crippen LogP contribution is 2.19.